The van der Waals surface area contributed by atoms with E-state index < -0.39 is 17.7 Å². The summed E-state index contributed by atoms with van der Waals surface area (Å²) in [6, 6.07) is 0. The summed E-state index contributed by atoms with van der Waals surface area (Å²) in [7, 11) is 2.46. The quantitative estimate of drug-likeness (QED) is 0.256. The zero-order valence-electron chi connectivity index (χ0n) is 5.83. The number of carbonyl (C=O) groups excluding carboxylic acids is 2. The van der Waals surface area contributed by atoms with Crippen LogP contribution in [0, 0.1) is 0 Å². The number of esters is 1. The fraction of sp³-hybridized carbons (Fsp3) is 0. The molecule has 0 spiro atoms. The lowest BCUT2D eigenvalue weighted by molar-refractivity contribution is -0.144. The Balaban J connectivity index is 2.40. The summed E-state index contributed by atoms with van der Waals surface area (Å²) in [5, 5.41) is 0. The first-order valence-electron chi connectivity index (χ1n) is 2.81. The van der Waals surface area contributed by atoms with Crippen LogP contribution < -0.4 is 0 Å². The first-order chi connectivity index (χ1) is 5.65. The minimum absolute atomic E-state index is 0.0536. The average molecular weight is 183 g/mol. The Labute approximate surface area is 71.1 Å². The van der Waals surface area contributed by atoms with Crippen molar-refractivity contribution in [1.82, 2.24) is 0 Å². The lowest BCUT2D eigenvalue weighted by Crippen LogP contribution is -2.11. The summed E-state index contributed by atoms with van der Waals surface area (Å²) >= 11 is 0. The van der Waals surface area contributed by atoms with Crippen LogP contribution >= 0.6 is 0 Å². The van der Waals surface area contributed by atoms with Crippen LogP contribution in [0.1, 0.15) is 0 Å². The van der Waals surface area contributed by atoms with Crippen molar-refractivity contribution in [3.8, 4) is 0 Å². The molecule has 0 aromatic heterocycles. The topological polar surface area (TPSA) is 65.1 Å². The highest BCUT2D eigenvalue weighted by molar-refractivity contribution is 6.09. The third-order valence-electron chi connectivity index (χ3n) is 0.973. The highest BCUT2D eigenvalue weighted by Gasteiger charge is 2.25. The Kier molecular flexibility index (Phi) is 2.29. The van der Waals surface area contributed by atoms with Gasteiger partial charge in [-0.1, -0.05) is 0 Å². The standard InChI is InChI=1S/C6H3O5Si/c1-3(5(7)11-12)10-6(8)4-2-9-4/h2H,1H2. The summed E-state index contributed by atoms with van der Waals surface area (Å²) in [5.41, 5.74) is 0. The Bertz CT molecular complexity index is 280. The Morgan fingerprint density at radius 1 is 1.58 bits per heavy atom. The van der Waals surface area contributed by atoms with Crippen molar-refractivity contribution >= 4 is 22.4 Å². The molecule has 0 aromatic rings. The van der Waals surface area contributed by atoms with Gasteiger partial charge in [0.2, 0.25) is 11.5 Å². The molecule has 0 saturated heterocycles. The molecule has 3 radical (unpaired) electrons. The monoisotopic (exact) mass is 183 g/mol. The van der Waals surface area contributed by atoms with E-state index >= 15 is 0 Å². The zero-order valence-corrected chi connectivity index (χ0v) is 6.83. The molecule has 0 atom stereocenters. The van der Waals surface area contributed by atoms with Gasteiger partial charge >= 0.3 is 22.4 Å². The second-order valence-corrected chi connectivity index (χ2v) is 2.01. The molecule has 1 rings (SSSR count). The predicted octanol–water partition coefficient (Wildman–Crippen LogP) is -0.458. The van der Waals surface area contributed by atoms with Gasteiger partial charge in [-0.2, -0.15) is 0 Å². The van der Waals surface area contributed by atoms with Crippen molar-refractivity contribution in [1.29, 1.82) is 0 Å². The molecule has 0 amide bonds. The van der Waals surface area contributed by atoms with Crippen molar-refractivity contribution in [2.75, 3.05) is 0 Å². The molecule has 0 N–H and O–H groups in total. The minimum Gasteiger partial charge on any atom is -0.510 e. The molecule has 61 valence electrons. The van der Waals surface area contributed by atoms with Gasteiger partial charge in [0.05, 0.1) is 0 Å². The van der Waals surface area contributed by atoms with Gasteiger partial charge < -0.3 is 13.9 Å². The Morgan fingerprint density at radius 2 is 2.17 bits per heavy atom. The molecular weight excluding hydrogens is 180 g/mol. The molecule has 1 aliphatic heterocycles. The molecule has 5 nitrogen and oxygen atoms in total. The van der Waals surface area contributed by atoms with Crippen molar-refractivity contribution in [2.45, 2.75) is 0 Å². The van der Waals surface area contributed by atoms with Crippen molar-refractivity contribution in [3.63, 3.8) is 0 Å². The Hall–Kier alpha value is -1.56. The fourth-order valence-electron chi connectivity index (χ4n) is 0.386. The average Bonchev–Trinajstić information content (AvgIpc) is 2.84. The summed E-state index contributed by atoms with van der Waals surface area (Å²) in [4.78, 5) is 21.3. The smallest absolute Gasteiger partial charge is 0.383 e. The predicted molar refractivity (Wildman–Crippen MR) is 36.2 cm³/mol. The third kappa shape index (κ3) is 1.96. The lowest BCUT2D eigenvalue weighted by atomic mass is 10.5. The first-order valence-corrected chi connectivity index (χ1v) is 3.22. The van der Waals surface area contributed by atoms with E-state index in [9.17, 15) is 9.59 Å². The second-order valence-electron chi connectivity index (χ2n) is 1.80. The van der Waals surface area contributed by atoms with Gasteiger partial charge in [-0.3, -0.25) is 0 Å². The molecule has 1 aliphatic rings. The van der Waals surface area contributed by atoms with E-state index in [1.807, 2.05) is 0 Å². The SMILES string of the molecule is C=C(OC(=O)C1=CO1)C(=O)O[Si]. The maximum Gasteiger partial charge on any atom is 0.383 e. The van der Waals surface area contributed by atoms with Gasteiger partial charge in [0.15, 0.2) is 0 Å². The summed E-state index contributed by atoms with van der Waals surface area (Å²) in [6.45, 7) is 3.14. The van der Waals surface area contributed by atoms with Crippen molar-refractivity contribution in [3.05, 3.63) is 24.4 Å². The van der Waals surface area contributed by atoms with E-state index in [4.69, 9.17) is 0 Å². The third-order valence-corrected chi connectivity index (χ3v) is 1.16. The maximum absolute atomic E-state index is 10.7. The van der Waals surface area contributed by atoms with Gasteiger partial charge in [-0.05, 0) is 6.58 Å². The van der Waals surface area contributed by atoms with Crippen LogP contribution in [0.5, 0.6) is 0 Å². The maximum atomic E-state index is 10.7. The highest BCUT2D eigenvalue weighted by Crippen LogP contribution is 2.16. The molecule has 0 unspecified atom stereocenters. The molecule has 6 heteroatoms. The summed E-state index contributed by atoms with van der Waals surface area (Å²) < 4.78 is 12.8. The molecule has 0 aromatic carbocycles. The van der Waals surface area contributed by atoms with Gasteiger partial charge in [0, 0.05) is 0 Å². The van der Waals surface area contributed by atoms with Crippen LogP contribution in [0.25, 0.3) is 0 Å². The van der Waals surface area contributed by atoms with Crippen LogP contribution in [-0.4, -0.2) is 22.4 Å². The first kappa shape index (κ1) is 8.53. The van der Waals surface area contributed by atoms with Crippen LogP contribution in [0.3, 0.4) is 0 Å². The van der Waals surface area contributed by atoms with E-state index in [1.54, 1.807) is 0 Å². The molecule has 1 heterocycles. The van der Waals surface area contributed by atoms with E-state index in [1.165, 1.54) is 6.26 Å². The van der Waals surface area contributed by atoms with Crippen molar-refractivity contribution in [2.24, 2.45) is 0 Å². The zero-order chi connectivity index (χ0) is 9.14. The molecule has 0 saturated carbocycles. The number of rotatable bonds is 3. The van der Waals surface area contributed by atoms with Gasteiger partial charge in [0.1, 0.15) is 6.26 Å². The van der Waals surface area contributed by atoms with Gasteiger partial charge in [-0.25, -0.2) is 9.59 Å². The van der Waals surface area contributed by atoms with E-state index in [0.717, 1.165) is 0 Å². The van der Waals surface area contributed by atoms with Crippen LogP contribution in [0.2, 0.25) is 0 Å². The van der Waals surface area contributed by atoms with Crippen LogP contribution in [0.4, 0.5) is 0 Å². The largest absolute Gasteiger partial charge is 0.510 e. The van der Waals surface area contributed by atoms with E-state index in [0.29, 0.717) is 0 Å². The van der Waals surface area contributed by atoms with E-state index in [-0.39, 0.29) is 5.76 Å². The number of hydrogen-bond donors (Lipinski definition) is 0. The van der Waals surface area contributed by atoms with Crippen molar-refractivity contribution < 1.29 is 23.5 Å². The lowest BCUT2D eigenvalue weighted by Gasteiger charge is -2.01. The molecular formula is C6H3O5Si. The van der Waals surface area contributed by atoms with E-state index in [2.05, 4.69) is 31.0 Å². The van der Waals surface area contributed by atoms with Gasteiger partial charge in [-0.15, -0.1) is 0 Å². The van der Waals surface area contributed by atoms with Crippen LogP contribution in [0.15, 0.2) is 24.4 Å². The molecule has 0 bridgehead atoms. The normalized spacial score (nSPS) is 12.2. The fourth-order valence-corrected chi connectivity index (χ4v) is 0.500. The molecule has 0 fully saturated rings. The highest BCUT2D eigenvalue weighted by atomic mass is 28.2. The molecule has 0 aliphatic carbocycles. The summed E-state index contributed by atoms with van der Waals surface area (Å²) in [6.07, 6.45) is 1.19. The number of carbonyl (C=O) groups is 2. The number of ether oxygens (including phenoxy) is 2. The molecule has 12 heavy (non-hydrogen) atoms. The Morgan fingerprint density at radius 3 is 2.58 bits per heavy atom. The minimum atomic E-state index is -0.874. The van der Waals surface area contributed by atoms with Gasteiger partial charge in [0.25, 0.3) is 0 Å². The number of hydrogen-bond acceptors (Lipinski definition) is 5. The van der Waals surface area contributed by atoms with Crippen LogP contribution in [-0.2, 0) is 23.5 Å². The second kappa shape index (κ2) is 3.22. The summed E-state index contributed by atoms with van der Waals surface area (Å²) in [5.74, 6) is -2.00.